The first-order chi connectivity index (χ1) is 8.66. The molecule has 2 heterocycles. The Balaban J connectivity index is 2.10. The van der Waals surface area contributed by atoms with Crippen molar-refractivity contribution in [3.05, 3.63) is 28.9 Å². The number of hydrogen-bond donors (Lipinski definition) is 1. The lowest BCUT2D eigenvalue weighted by atomic mass is 9.93. The van der Waals surface area contributed by atoms with Gasteiger partial charge < -0.3 is 10.3 Å². The molecule has 0 saturated heterocycles. The smallest absolute Gasteiger partial charge is 0.164 e. The van der Waals surface area contributed by atoms with Crippen molar-refractivity contribution in [1.82, 2.24) is 15.1 Å². The van der Waals surface area contributed by atoms with Gasteiger partial charge in [0.05, 0.1) is 11.3 Å². The molecule has 0 radical (unpaired) electrons. The quantitative estimate of drug-likeness (QED) is 0.831. The Kier molecular flexibility index (Phi) is 2.63. The molecule has 2 aromatic heterocycles. The van der Waals surface area contributed by atoms with Gasteiger partial charge in [-0.05, 0) is 33.1 Å². The molecule has 5 heteroatoms. The second-order valence-electron chi connectivity index (χ2n) is 4.79. The minimum absolute atomic E-state index is 0.0764. The van der Waals surface area contributed by atoms with Gasteiger partial charge in [-0.25, -0.2) is 9.97 Å². The molecular weight excluding hydrogens is 228 g/mol. The highest BCUT2D eigenvalue weighted by atomic mass is 16.5. The van der Waals surface area contributed by atoms with Crippen molar-refractivity contribution < 1.29 is 4.52 Å². The predicted octanol–water partition coefficient (Wildman–Crippen LogP) is 2.08. The van der Waals surface area contributed by atoms with Crippen molar-refractivity contribution >= 4 is 0 Å². The molecule has 3 rings (SSSR count). The Morgan fingerprint density at radius 2 is 2.22 bits per heavy atom. The van der Waals surface area contributed by atoms with E-state index in [0.29, 0.717) is 5.82 Å². The van der Waals surface area contributed by atoms with Gasteiger partial charge >= 0.3 is 0 Å². The molecule has 0 bridgehead atoms. The molecule has 5 nitrogen and oxygen atoms in total. The van der Waals surface area contributed by atoms with Gasteiger partial charge in [0.1, 0.15) is 5.76 Å². The zero-order chi connectivity index (χ0) is 12.7. The van der Waals surface area contributed by atoms with Crippen LogP contribution in [0.15, 0.2) is 10.7 Å². The van der Waals surface area contributed by atoms with Crippen LogP contribution in [0.2, 0.25) is 0 Å². The first-order valence-electron chi connectivity index (χ1n) is 6.21. The summed E-state index contributed by atoms with van der Waals surface area (Å²) in [6.07, 6.45) is 4.93. The molecule has 1 atom stereocenters. The summed E-state index contributed by atoms with van der Waals surface area (Å²) < 4.78 is 5.16. The maximum absolute atomic E-state index is 6.06. The average molecular weight is 244 g/mol. The Morgan fingerprint density at radius 3 is 2.94 bits per heavy atom. The number of rotatable bonds is 1. The van der Waals surface area contributed by atoms with E-state index < -0.39 is 0 Å². The number of aryl methyl sites for hydroxylation is 3. The monoisotopic (exact) mass is 244 g/mol. The summed E-state index contributed by atoms with van der Waals surface area (Å²) in [5.74, 6) is 1.45. The molecule has 2 N–H and O–H groups in total. The minimum atomic E-state index is 0.0764. The van der Waals surface area contributed by atoms with Crippen LogP contribution in [0.1, 0.15) is 41.6 Å². The van der Waals surface area contributed by atoms with E-state index in [1.54, 1.807) is 0 Å². The lowest BCUT2D eigenvalue weighted by molar-refractivity contribution is 0.393. The van der Waals surface area contributed by atoms with Crippen molar-refractivity contribution in [3.63, 3.8) is 0 Å². The van der Waals surface area contributed by atoms with Crippen LogP contribution >= 0.6 is 0 Å². The summed E-state index contributed by atoms with van der Waals surface area (Å²) in [5, 5.41) is 3.94. The molecule has 1 aliphatic rings. The molecule has 1 aliphatic carbocycles. The summed E-state index contributed by atoms with van der Waals surface area (Å²) in [7, 11) is 0. The van der Waals surface area contributed by atoms with Crippen LogP contribution in [0.4, 0.5) is 0 Å². The largest absolute Gasteiger partial charge is 0.361 e. The van der Waals surface area contributed by atoms with Gasteiger partial charge in [-0.15, -0.1) is 0 Å². The second kappa shape index (κ2) is 4.17. The molecule has 0 aromatic carbocycles. The SMILES string of the molecule is Cc1noc(C)c1-c1ncc2c(n1)CCCC2N. The Morgan fingerprint density at radius 1 is 1.39 bits per heavy atom. The molecule has 0 fully saturated rings. The highest BCUT2D eigenvalue weighted by Gasteiger charge is 2.21. The normalized spacial score (nSPS) is 18.7. The maximum atomic E-state index is 6.06. The van der Waals surface area contributed by atoms with Crippen molar-refractivity contribution in [2.24, 2.45) is 5.73 Å². The highest BCUT2D eigenvalue weighted by Crippen LogP contribution is 2.29. The summed E-state index contributed by atoms with van der Waals surface area (Å²) in [4.78, 5) is 9.05. The first-order valence-corrected chi connectivity index (χ1v) is 6.21. The first kappa shape index (κ1) is 11.3. The van der Waals surface area contributed by atoms with Crippen LogP contribution in [-0.2, 0) is 6.42 Å². The van der Waals surface area contributed by atoms with Gasteiger partial charge in [-0.1, -0.05) is 5.16 Å². The van der Waals surface area contributed by atoms with E-state index in [4.69, 9.17) is 10.3 Å². The van der Waals surface area contributed by atoms with E-state index in [2.05, 4.69) is 15.1 Å². The molecule has 0 spiro atoms. The van der Waals surface area contributed by atoms with E-state index in [9.17, 15) is 0 Å². The van der Waals surface area contributed by atoms with Crippen LogP contribution in [0.25, 0.3) is 11.4 Å². The molecule has 0 saturated carbocycles. The standard InChI is InChI=1S/C13H16N4O/c1-7-12(8(2)18-17-7)13-15-6-9-10(14)4-3-5-11(9)16-13/h6,10H,3-5,14H2,1-2H3. The summed E-state index contributed by atoms with van der Waals surface area (Å²) in [6, 6.07) is 0.0764. The summed E-state index contributed by atoms with van der Waals surface area (Å²) in [5.41, 5.74) is 9.94. The Labute approximate surface area is 105 Å². The minimum Gasteiger partial charge on any atom is -0.361 e. The number of fused-ring (bicyclic) bond motifs is 1. The van der Waals surface area contributed by atoms with E-state index in [-0.39, 0.29) is 6.04 Å². The number of nitrogens with zero attached hydrogens (tertiary/aromatic N) is 3. The number of aromatic nitrogens is 3. The molecule has 94 valence electrons. The molecular formula is C13H16N4O. The third kappa shape index (κ3) is 1.71. The van der Waals surface area contributed by atoms with Crippen LogP contribution in [0.3, 0.4) is 0 Å². The van der Waals surface area contributed by atoms with Crippen molar-refractivity contribution in [1.29, 1.82) is 0 Å². The van der Waals surface area contributed by atoms with E-state index in [0.717, 1.165) is 47.5 Å². The third-order valence-corrected chi connectivity index (χ3v) is 3.49. The number of hydrogen-bond acceptors (Lipinski definition) is 5. The Hall–Kier alpha value is -1.75. The zero-order valence-electron chi connectivity index (χ0n) is 10.6. The van der Waals surface area contributed by atoms with Gasteiger partial charge in [0.2, 0.25) is 0 Å². The highest BCUT2D eigenvalue weighted by molar-refractivity contribution is 5.60. The molecule has 18 heavy (non-hydrogen) atoms. The summed E-state index contributed by atoms with van der Waals surface area (Å²) in [6.45, 7) is 3.78. The molecule has 1 unspecified atom stereocenters. The van der Waals surface area contributed by atoms with Gasteiger partial charge in [-0.2, -0.15) is 0 Å². The lowest BCUT2D eigenvalue weighted by Crippen LogP contribution is -2.19. The lowest BCUT2D eigenvalue weighted by Gasteiger charge is -2.20. The van der Waals surface area contributed by atoms with Crippen LogP contribution in [0, 0.1) is 13.8 Å². The van der Waals surface area contributed by atoms with Crippen molar-refractivity contribution in [2.75, 3.05) is 0 Å². The third-order valence-electron chi connectivity index (χ3n) is 3.49. The van der Waals surface area contributed by atoms with Gasteiger partial charge in [0.15, 0.2) is 5.82 Å². The second-order valence-corrected chi connectivity index (χ2v) is 4.79. The fourth-order valence-corrected chi connectivity index (χ4v) is 2.50. The van der Waals surface area contributed by atoms with Crippen LogP contribution in [-0.4, -0.2) is 15.1 Å². The van der Waals surface area contributed by atoms with E-state index in [1.807, 2.05) is 20.0 Å². The van der Waals surface area contributed by atoms with E-state index in [1.165, 1.54) is 0 Å². The Bertz CT molecular complexity index is 571. The maximum Gasteiger partial charge on any atom is 0.164 e. The molecule has 2 aromatic rings. The topological polar surface area (TPSA) is 77.8 Å². The predicted molar refractivity (Wildman–Crippen MR) is 66.9 cm³/mol. The van der Waals surface area contributed by atoms with Crippen molar-refractivity contribution in [3.8, 4) is 11.4 Å². The fraction of sp³-hybridized carbons (Fsp3) is 0.462. The van der Waals surface area contributed by atoms with Gasteiger partial charge in [0, 0.05) is 23.5 Å². The van der Waals surface area contributed by atoms with Crippen LogP contribution in [0.5, 0.6) is 0 Å². The number of nitrogens with two attached hydrogens (primary N) is 1. The van der Waals surface area contributed by atoms with E-state index >= 15 is 0 Å². The molecule has 0 aliphatic heterocycles. The fourth-order valence-electron chi connectivity index (χ4n) is 2.50. The average Bonchev–Trinajstić information content (AvgIpc) is 2.69. The van der Waals surface area contributed by atoms with Gasteiger partial charge in [0.25, 0.3) is 0 Å². The molecule has 0 amide bonds. The van der Waals surface area contributed by atoms with Crippen LogP contribution < -0.4 is 5.73 Å². The zero-order valence-corrected chi connectivity index (χ0v) is 10.6. The summed E-state index contributed by atoms with van der Waals surface area (Å²) >= 11 is 0. The van der Waals surface area contributed by atoms with Crippen molar-refractivity contribution in [2.45, 2.75) is 39.2 Å². The van der Waals surface area contributed by atoms with Gasteiger partial charge in [-0.3, -0.25) is 0 Å².